The minimum Gasteiger partial charge on any atom is -0.507 e. The Morgan fingerprint density at radius 2 is 1.89 bits per heavy atom. The number of rotatable bonds is 5. The van der Waals surface area contributed by atoms with Crippen LogP contribution in [0.25, 0.3) is 39.2 Å². The Kier molecular flexibility index (Phi) is 5.51. The van der Waals surface area contributed by atoms with Crippen molar-refractivity contribution < 1.29 is 19.1 Å². The van der Waals surface area contributed by atoms with Gasteiger partial charge in [-0.1, -0.05) is 30.3 Å². The van der Waals surface area contributed by atoms with E-state index in [9.17, 15) is 15.2 Å². The smallest absolute Gasteiger partial charge is 0.339 e. The molecule has 1 aliphatic rings. The maximum Gasteiger partial charge on any atom is 0.339 e. The zero-order valence-corrected chi connectivity index (χ0v) is 19.6. The van der Waals surface area contributed by atoms with Crippen LogP contribution in [-0.4, -0.2) is 32.6 Å². The number of aromatic nitrogens is 3. The van der Waals surface area contributed by atoms with Crippen LogP contribution in [0.1, 0.15) is 39.6 Å². The number of H-pyrrole nitrogens is 1. The second-order valence-electron chi connectivity index (χ2n) is 8.63. The number of furan rings is 1. The first-order valence-corrected chi connectivity index (χ1v) is 11.7. The fourth-order valence-corrected chi connectivity index (χ4v) is 4.66. The number of aromatic amines is 1. The third kappa shape index (κ3) is 4.02. The number of hydrogen-bond acceptors (Lipinski definition) is 7. The number of carbonyl (C=O) groups is 1. The van der Waals surface area contributed by atoms with Crippen molar-refractivity contribution >= 4 is 45.1 Å². The van der Waals surface area contributed by atoms with E-state index in [1.54, 1.807) is 12.3 Å². The SMILES string of the molecule is N#C/C(=C(/O)COC(=O)c1c2c(nc3ccccc13)/C(=C/c1ccco1)CC2)c1nc2ccccc2[nH]1. The van der Waals surface area contributed by atoms with E-state index < -0.39 is 12.6 Å². The van der Waals surface area contributed by atoms with Crippen molar-refractivity contribution in [3.8, 4) is 6.07 Å². The second kappa shape index (κ2) is 9.13. The molecule has 0 radical (unpaired) electrons. The van der Waals surface area contributed by atoms with Crippen LogP contribution >= 0.6 is 0 Å². The summed E-state index contributed by atoms with van der Waals surface area (Å²) in [6.07, 6.45) is 4.87. The van der Waals surface area contributed by atoms with Gasteiger partial charge in [0.1, 0.15) is 24.0 Å². The number of pyridine rings is 1. The summed E-state index contributed by atoms with van der Waals surface area (Å²) in [6.45, 7) is -0.473. The summed E-state index contributed by atoms with van der Waals surface area (Å²) >= 11 is 0. The zero-order valence-electron chi connectivity index (χ0n) is 19.6. The number of ether oxygens (including phenoxy) is 1. The van der Waals surface area contributed by atoms with Crippen molar-refractivity contribution in [2.45, 2.75) is 12.8 Å². The van der Waals surface area contributed by atoms with Crippen LogP contribution in [0.15, 0.2) is 77.1 Å². The zero-order chi connectivity index (χ0) is 25.4. The van der Waals surface area contributed by atoms with E-state index in [-0.39, 0.29) is 17.2 Å². The molecule has 0 spiro atoms. The third-order valence-corrected chi connectivity index (χ3v) is 6.37. The summed E-state index contributed by atoms with van der Waals surface area (Å²) in [7, 11) is 0. The Hall–Kier alpha value is -5.16. The highest BCUT2D eigenvalue weighted by atomic mass is 16.5. The Labute approximate surface area is 211 Å². The lowest BCUT2D eigenvalue weighted by atomic mass is 10.0. The molecule has 3 aromatic heterocycles. The number of esters is 1. The number of nitriles is 1. The van der Waals surface area contributed by atoms with Gasteiger partial charge >= 0.3 is 5.97 Å². The van der Waals surface area contributed by atoms with E-state index in [2.05, 4.69) is 9.97 Å². The van der Waals surface area contributed by atoms with E-state index in [4.69, 9.17) is 14.1 Å². The standard InChI is InChI=1S/C29H20N4O4/c30-15-21(28-32-23-9-3-4-10-24(23)33-28)25(34)16-37-29(35)26-19-7-1-2-8-22(19)31-27-17(11-12-20(26)27)14-18-6-5-13-36-18/h1-10,13-14,34H,11-12,16H2,(H,32,33)/b17-14+,25-21-. The molecule has 8 nitrogen and oxygen atoms in total. The molecule has 3 heterocycles. The van der Waals surface area contributed by atoms with Gasteiger partial charge in [-0.3, -0.25) is 0 Å². The van der Waals surface area contributed by atoms with Crippen LogP contribution in [-0.2, 0) is 11.2 Å². The molecule has 0 aliphatic heterocycles. The molecule has 1 aliphatic carbocycles. The monoisotopic (exact) mass is 488 g/mol. The van der Waals surface area contributed by atoms with Gasteiger partial charge in [-0.15, -0.1) is 0 Å². The van der Waals surface area contributed by atoms with E-state index >= 15 is 0 Å². The number of hydrogen-bond donors (Lipinski definition) is 2. The predicted octanol–water partition coefficient (Wildman–Crippen LogP) is 5.84. The quantitative estimate of drug-likeness (QED) is 0.181. The Balaban J connectivity index is 1.34. The minimum absolute atomic E-state index is 0.0857. The van der Waals surface area contributed by atoms with Gasteiger partial charge < -0.3 is 19.2 Å². The van der Waals surface area contributed by atoms with Crippen LogP contribution < -0.4 is 0 Å². The van der Waals surface area contributed by atoms with Gasteiger partial charge in [0, 0.05) is 5.39 Å². The first-order valence-electron chi connectivity index (χ1n) is 11.7. The highest BCUT2D eigenvalue weighted by molar-refractivity contribution is 6.07. The van der Waals surface area contributed by atoms with Crippen LogP contribution in [0.5, 0.6) is 0 Å². The number of para-hydroxylation sites is 3. The Bertz CT molecular complexity index is 1740. The lowest BCUT2D eigenvalue weighted by Gasteiger charge is -2.12. The third-order valence-electron chi connectivity index (χ3n) is 6.37. The molecule has 2 aromatic carbocycles. The fourth-order valence-electron chi connectivity index (χ4n) is 4.66. The van der Waals surface area contributed by atoms with Crippen molar-refractivity contribution in [1.29, 1.82) is 5.26 Å². The van der Waals surface area contributed by atoms with Crippen molar-refractivity contribution in [1.82, 2.24) is 15.0 Å². The van der Waals surface area contributed by atoms with Crippen molar-refractivity contribution in [3.63, 3.8) is 0 Å². The number of fused-ring (bicyclic) bond motifs is 3. The normalized spacial score (nSPS) is 14.5. The summed E-state index contributed by atoms with van der Waals surface area (Å²) < 4.78 is 11.0. The van der Waals surface area contributed by atoms with Gasteiger partial charge in [0.25, 0.3) is 0 Å². The molecule has 180 valence electrons. The molecule has 37 heavy (non-hydrogen) atoms. The van der Waals surface area contributed by atoms with Crippen LogP contribution in [0.2, 0.25) is 0 Å². The molecule has 0 unspecified atom stereocenters. The van der Waals surface area contributed by atoms with E-state index in [0.29, 0.717) is 40.6 Å². The summed E-state index contributed by atoms with van der Waals surface area (Å²) in [5.74, 6) is -0.0577. The molecular formula is C29H20N4O4. The topological polar surface area (TPSA) is 125 Å². The molecule has 0 saturated heterocycles. The molecular weight excluding hydrogens is 468 g/mol. The minimum atomic E-state index is -0.595. The summed E-state index contributed by atoms with van der Waals surface area (Å²) in [4.78, 5) is 25.6. The number of nitrogens with zero attached hydrogens (tertiary/aromatic N) is 3. The number of imidazole rings is 1. The van der Waals surface area contributed by atoms with Gasteiger partial charge in [0.2, 0.25) is 0 Å². The summed E-state index contributed by atoms with van der Waals surface area (Å²) in [5.41, 5.74) is 4.89. The van der Waals surface area contributed by atoms with Gasteiger partial charge in [-0.25, -0.2) is 14.8 Å². The predicted molar refractivity (Wildman–Crippen MR) is 138 cm³/mol. The Morgan fingerprint density at radius 1 is 1.08 bits per heavy atom. The number of aliphatic hydroxyl groups is 1. The summed E-state index contributed by atoms with van der Waals surface area (Å²) in [6, 6.07) is 20.3. The van der Waals surface area contributed by atoms with Crippen molar-refractivity contribution in [2.24, 2.45) is 0 Å². The van der Waals surface area contributed by atoms with Crippen LogP contribution in [0, 0.1) is 11.3 Å². The lowest BCUT2D eigenvalue weighted by Crippen LogP contribution is -2.13. The second-order valence-corrected chi connectivity index (χ2v) is 8.63. The summed E-state index contributed by atoms with van der Waals surface area (Å²) in [5, 5.41) is 21.0. The first kappa shape index (κ1) is 22.3. The number of carbonyl (C=O) groups excluding carboxylic acids is 1. The van der Waals surface area contributed by atoms with E-state index in [1.165, 1.54) is 0 Å². The van der Waals surface area contributed by atoms with Gasteiger partial charge in [0.05, 0.1) is 34.1 Å². The average Bonchev–Trinajstić information content (AvgIpc) is 3.67. The highest BCUT2D eigenvalue weighted by Crippen LogP contribution is 2.38. The maximum atomic E-state index is 13.4. The number of aliphatic hydroxyl groups excluding tert-OH is 1. The average molecular weight is 489 g/mol. The van der Waals surface area contributed by atoms with Crippen LogP contribution in [0.4, 0.5) is 0 Å². The molecule has 8 heteroatoms. The molecule has 6 rings (SSSR count). The fraction of sp³-hybridized carbons (Fsp3) is 0.103. The maximum absolute atomic E-state index is 13.4. The molecule has 0 saturated carbocycles. The lowest BCUT2D eigenvalue weighted by molar-refractivity contribution is 0.0504. The molecule has 2 N–H and O–H groups in total. The van der Waals surface area contributed by atoms with Gasteiger partial charge in [-0.05, 0) is 60.4 Å². The number of benzene rings is 2. The highest BCUT2D eigenvalue weighted by Gasteiger charge is 2.28. The molecule has 0 fully saturated rings. The Morgan fingerprint density at radius 3 is 2.68 bits per heavy atom. The van der Waals surface area contributed by atoms with E-state index in [1.807, 2.05) is 66.7 Å². The number of nitrogens with one attached hydrogen (secondary N) is 1. The van der Waals surface area contributed by atoms with Crippen molar-refractivity contribution in [2.75, 3.05) is 6.61 Å². The van der Waals surface area contributed by atoms with E-state index in [0.717, 1.165) is 22.3 Å². The first-order chi connectivity index (χ1) is 18.1. The van der Waals surface area contributed by atoms with Crippen LogP contribution in [0.3, 0.4) is 0 Å². The largest absolute Gasteiger partial charge is 0.507 e. The molecule has 0 atom stereocenters. The molecule has 5 aromatic rings. The molecule has 0 bridgehead atoms. The van der Waals surface area contributed by atoms with Gasteiger partial charge in [0.15, 0.2) is 11.6 Å². The van der Waals surface area contributed by atoms with Gasteiger partial charge in [-0.2, -0.15) is 5.26 Å². The van der Waals surface area contributed by atoms with Crippen molar-refractivity contribution in [3.05, 3.63) is 101 Å². The molecule has 0 amide bonds. The number of allylic oxidation sites excluding steroid dienone is 2.